The van der Waals surface area contributed by atoms with E-state index in [4.69, 9.17) is 5.73 Å². The van der Waals surface area contributed by atoms with Crippen LogP contribution in [0.3, 0.4) is 0 Å². The number of benzene rings is 2. The number of H-pyrrole nitrogens is 1. The summed E-state index contributed by atoms with van der Waals surface area (Å²) in [6.07, 6.45) is 0. The number of carbonyl (C=O) groups excluding carboxylic acids is 1. The summed E-state index contributed by atoms with van der Waals surface area (Å²) in [6, 6.07) is 14.8. The number of halogens is 1. The minimum Gasteiger partial charge on any atom is -0.383 e. The fourth-order valence-corrected chi connectivity index (χ4v) is 3.60. The maximum atomic E-state index is 12.5. The van der Waals surface area contributed by atoms with Crippen molar-refractivity contribution in [1.82, 2.24) is 9.55 Å². The van der Waals surface area contributed by atoms with E-state index in [9.17, 15) is 14.4 Å². The minimum absolute atomic E-state index is 0.00252. The van der Waals surface area contributed by atoms with Crippen LogP contribution in [-0.4, -0.2) is 29.1 Å². The van der Waals surface area contributed by atoms with Crippen molar-refractivity contribution in [1.29, 1.82) is 0 Å². The van der Waals surface area contributed by atoms with E-state index in [0.717, 1.165) is 15.6 Å². The molecule has 9 heteroatoms. The van der Waals surface area contributed by atoms with Crippen LogP contribution in [0, 0.1) is 6.92 Å². The molecule has 4 N–H and O–H groups in total. The Balaban J connectivity index is 1.83. The molecule has 0 radical (unpaired) electrons. The van der Waals surface area contributed by atoms with E-state index < -0.39 is 11.2 Å². The molecular formula is C21H22BrN5O3. The topological polar surface area (TPSA) is 113 Å². The molecule has 1 aromatic heterocycles. The Morgan fingerprint density at radius 1 is 1.20 bits per heavy atom. The van der Waals surface area contributed by atoms with Crippen molar-refractivity contribution in [3.8, 4) is 0 Å². The molecule has 2 aromatic carbocycles. The Morgan fingerprint density at radius 3 is 2.57 bits per heavy atom. The largest absolute Gasteiger partial charge is 0.383 e. The monoisotopic (exact) mass is 471 g/mol. The molecule has 3 rings (SSSR count). The Bertz CT molecular complexity index is 1190. The molecule has 0 spiro atoms. The summed E-state index contributed by atoms with van der Waals surface area (Å²) in [4.78, 5) is 40.9. The van der Waals surface area contributed by atoms with E-state index >= 15 is 0 Å². The number of amides is 1. The van der Waals surface area contributed by atoms with Gasteiger partial charge in [0.15, 0.2) is 0 Å². The number of nitrogen functional groups attached to an aromatic ring is 1. The predicted molar refractivity (Wildman–Crippen MR) is 122 cm³/mol. The number of hydrogen-bond acceptors (Lipinski definition) is 5. The van der Waals surface area contributed by atoms with Gasteiger partial charge in [0.05, 0.1) is 13.1 Å². The number of aryl methyl sites for hydroxylation is 1. The van der Waals surface area contributed by atoms with Gasteiger partial charge in [-0.2, -0.15) is 0 Å². The highest BCUT2D eigenvalue weighted by Crippen LogP contribution is 2.20. The summed E-state index contributed by atoms with van der Waals surface area (Å²) >= 11 is 3.38. The van der Waals surface area contributed by atoms with Crippen molar-refractivity contribution in [2.24, 2.45) is 0 Å². The first-order valence-corrected chi connectivity index (χ1v) is 9.99. The quantitative estimate of drug-likeness (QED) is 0.510. The third kappa shape index (κ3) is 4.80. The summed E-state index contributed by atoms with van der Waals surface area (Å²) in [7, 11) is 1.58. The highest BCUT2D eigenvalue weighted by molar-refractivity contribution is 9.10. The molecule has 1 heterocycles. The molecule has 3 aromatic rings. The third-order valence-electron chi connectivity index (χ3n) is 4.62. The van der Waals surface area contributed by atoms with Gasteiger partial charge >= 0.3 is 5.69 Å². The molecule has 0 fully saturated rings. The van der Waals surface area contributed by atoms with Crippen molar-refractivity contribution in [2.45, 2.75) is 13.5 Å². The molecule has 0 bridgehead atoms. The number of rotatable bonds is 6. The lowest BCUT2D eigenvalue weighted by Gasteiger charge is -2.21. The molecule has 156 valence electrons. The average molecular weight is 472 g/mol. The molecule has 0 aliphatic heterocycles. The van der Waals surface area contributed by atoms with Crippen LogP contribution in [0.4, 0.5) is 17.2 Å². The normalized spacial score (nSPS) is 10.6. The molecule has 0 saturated carbocycles. The van der Waals surface area contributed by atoms with Crippen molar-refractivity contribution in [3.05, 3.63) is 85.0 Å². The Hall–Kier alpha value is -3.33. The molecule has 0 aliphatic carbocycles. The van der Waals surface area contributed by atoms with E-state index in [-0.39, 0.29) is 30.5 Å². The highest BCUT2D eigenvalue weighted by Gasteiger charge is 2.18. The number of aromatic nitrogens is 2. The third-order valence-corrected chi connectivity index (χ3v) is 5.12. The summed E-state index contributed by atoms with van der Waals surface area (Å²) in [5.74, 6) is -0.315. The second-order valence-electron chi connectivity index (χ2n) is 6.93. The van der Waals surface area contributed by atoms with Gasteiger partial charge in [-0.15, -0.1) is 0 Å². The second-order valence-corrected chi connectivity index (χ2v) is 7.84. The number of aromatic amines is 1. The molecule has 1 amide bonds. The zero-order valence-corrected chi connectivity index (χ0v) is 18.2. The number of nitrogens with one attached hydrogen (secondary N) is 2. The molecule has 8 nitrogen and oxygen atoms in total. The highest BCUT2D eigenvalue weighted by atomic mass is 79.9. The zero-order valence-electron chi connectivity index (χ0n) is 16.6. The van der Waals surface area contributed by atoms with Crippen LogP contribution in [0.1, 0.15) is 11.1 Å². The van der Waals surface area contributed by atoms with Crippen LogP contribution in [0.2, 0.25) is 0 Å². The van der Waals surface area contributed by atoms with E-state index in [2.05, 4.69) is 26.2 Å². The molecular weight excluding hydrogens is 450 g/mol. The molecule has 30 heavy (non-hydrogen) atoms. The van der Waals surface area contributed by atoms with Crippen LogP contribution < -0.4 is 27.2 Å². The molecule has 0 unspecified atom stereocenters. The maximum Gasteiger partial charge on any atom is 0.330 e. The van der Waals surface area contributed by atoms with E-state index in [0.29, 0.717) is 5.69 Å². The van der Waals surface area contributed by atoms with Crippen LogP contribution in [0.25, 0.3) is 0 Å². The SMILES string of the molecule is Cc1cc(Br)ccc1NC(=O)CN(C)c1c(N)n(Cc2ccccc2)c(=O)[nH]c1=O. The van der Waals surface area contributed by atoms with E-state index in [1.54, 1.807) is 13.1 Å². The predicted octanol–water partition coefficient (Wildman–Crippen LogP) is 2.31. The van der Waals surface area contributed by atoms with Crippen LogP contribution >= 0.6 is 15.9 Å². The number of carbonyl (C=O) groups is 1. The van der Waals surface area contributed by atoms with Crippen molar-refractivity contribution in [2.75, 3.05) is 29.5 Å². The van der Waals surface area contributed by atoms with Gasteiger partial charge in [-0.05, 0) is 36.2 Å². The molecule has 0 saturated heterocycles. The first-order valence-electron chi connectivity index (χ1n) is 9.20. The van der Waals surface area contributed by atoms with Crippen LogP contribution in [0.15, 0.2) is 62.6 Å². The van der Waals surface area contributed by atoms with Crippen molar-refractivity contribution >= 4 is 39.0 Å². The Labute approximate surface area is 181 Å². The summed E-state index contributed by atoms with van der Waals surface area (Å²) in [5.41, 5.74) is 7.41. The second kappa shape index (κ2) is 9.00. The van der Waals surface area contributed by atoms with Gasteiger partial charge < -0.3 is 16.0 Å². The first kappa shape index (κ1) is 21.4. The summed E-state index contributed by atoms with van der Waals surface area (Å²) in [5, 5.41) is 2.82. The lowest BCUT2D eigenvalue weighted by Crippen LogP contribution is -2.39. The average Bonchev–Trinajstić information content (AvgIpc) is 2.68. The van der Waals surface area contributed by atoms with Crippen LogP contribution in [0.5, 0.6) is 0 Å². The summed E-state index contributed by atoms with van der Waals surface area (Å²) in [6.45, 7) is 1.96. The van der Waals surface area contributed by atoms with Crippen LogP contribution in [-0.2, 0) is 11.3 Å². The van der Waals surface area contributed by atoms with Gasteiger partial charge in [-0.25, -0.2) is 4.79 Å². The van der Waals surface area contributed by atoms with Crippen molar-refractivity contribution < 1.29 is 4.79 Å². The smallest absolute Gasteiger partial charge is 0.330 e. The number of likely N-dealkylation sites (N-methyl/N-ethyl adjacent to an activating group) is 1. The molecule has 0 aliphatic rings. The lowest BCUT2D eigenvalue weighted by molar-refractivity contribution is -0.114. The minimum atomic E-state index is -0.642. The van der Waals surface area contributed by atoms with Gasteiger partial charge in [0.2, 0.25) is 5.91 Å². The Kier molecular flexibility index (Phi) is 6.41. The van der Waals surface area contributed by atoms with Gasteiger partial charge in [0.25, 0.3) is 5.56 Å². The van der Waals surface area contributed by atoms with E-state index in [1.807, 2.05) is 49.4 Å². The lowest BCUT2D eigenvalue weighted by atomic mass is 10.2. The zero-order chi connectivity index (χ0) is 21.8. The molecule has 0 atom stereocenters. The van der Waals surface area contributed by atoms with Gasteiger partial charge in [0, 0.05) is 17.2 Å². The van der Waals surface area contributed by atoms with Crippen molar-refractivity contribution in [3.63, 3.8) is 0 Å². The number of anilines is 3. The fourth-order valence-electron chi connectivity index (χ4n) is 3.12. The van der Waals surface area contributed by atoms with E-state index in [1.165, 1.54) is 9.47 Å². The maximum absolute atomic E-state index is 12.5. The van der Waals surface area contributed by atoms with Gasteiger partial charge in [-0.1, -0.05) is 46.3 Å². The number of nitrogens with two attached hydrogens (primary N) is 1. The standard InChI is InChI=1S/C21H22BrN5O3/c1-13-10-15(22)8-9-16(13)24-17(28)12-26(2)18-19(23)27(21(30)25-20(18)29)11-14-6-4-3-5-7-14/h3-10H,11-12,23H2,1-2H3,(H,24,28)(H,25,29,30). The fraction of sp³-hybridized carbons (Fsp3) is 0.190. The Morgan fingerprint density at radius 2 is 1.90 bits per heavy atom. The number of hydrogen-bond donors (Lipinski definition) is 3. The van der Waals surface area contributed by atoms with Gasteiger partial charge in [-0.3, -0.25) is 19.1 Å². The number of nitrogens with zero attached hydrogens (tertiary/aromatic N) is 2. The van der Waals surface area contributed by atoms with Gasteiger partial charge in [0.1, 0.15) is 11.5 Å². The summed E-state index contributed by atoms with van der Waals surface area (Å²) < 4.78 is 2.19. The first-order chi connectivity index (χ1) is 14.3.